The molecule has 1 aliphatic heterocycles. The van der Waals surface area contributed by atoms with Crippen LogP contribution in [0.3, 0.4) is 0 Å². The first kappa shape index (κ1) is 7.48. The summed E-state index contributed by atoms with van der Waals surface area (Å²) in [4.78, 5) is 12.5. The molecule has 0 atom stereocenters. The van der Waals surface area contributed by atoms with Crippen molar-refractivity contribution >= 4 is 5.78 Å². The number of hydrogen-bond donors (Lipinski definition) is 0. The summed E-state index contributed by atoms with van der Waals surface area (Å²) in [5.41, 5.74) is 0. The predicted octanol–water partition coefficient (Wildman–Crippen LogP) is 0.528. The van der Waals surface area contributed by atoms with E-state index in [9.17, 15) is 4.79 Å². The van der Waals surface area contributed by atoms with Gasteiger partial charge in [0.25, 0.3) is 0 Å². The summed E-state index contributed by atoms with van der Waals surface area (Å²) in [5, 5.41) is 0. The summed E-state index contributed by atoms with van der Waals surface area (Å²) in [5.74, 6) is -0.240. The first-order valence-corrected chi connectivity index (χ1v) is 3.44. The Balaban J connectivity index is 2.28. The van der Waals surface area contributed by atoms with Crippen LogP contribution in [0.2, 0.25) is 0 Å². The maximum atomic E-state index is 10.4. The lowest BCUT2D eigenvalue weighted by molar-refractivity contribution is -0.115. The van der Waals surface area contributed by atoms with Gasteiger partial charge in [-0.3, -0.25) is 9.69 Å². The highest BCUT2D eigenvalue weighted by Gasteiger charge is 2.06. The van der Waals surface area contributed by atoms with Crippen LogP contribution in [0.25, 0.3) is 0 Å². The zero-order valence-corrected chi connectivity index (χ0v) is 5.92. The van der Waals surface area contributed by atoms with Gasteiger partial charge in [0.15, 0.2) is 5.78 Å². The van der Waals surface area contributed by atoms with Crippen molar-refractivity contribution in [2.24, 2.45) is 0 Å². The Hall–Kier alpha value is -0.630. The summed E-state index contributed by atoms with van der Waals surface area (Å²) in [6.07, 6.45) is 5.22. The van der Waals surface area contributed by atoms with Gasteiger partial charge in [0.05, 0.1) is 6.54 Å². The minimum absolute atomic E-state index is 0.240. The van der Waals surface area contributed by atoms with Crippen molar-refractivity contribution < 1.29 is 4.79 Å². The molecule has 1 aliphatic rings. The van der Waals surface area contributed by atoms with Crippen LogP contribution in [0.5, 0.6) is 0 Å². The van der Waals surface area contributed by atoms with E-state index in [0.717, 1.165) is 19.5 Å². The normalized spacial score (nSPS) is 19.3. The molecule has 1 heterocycles. The number of carbonyl (C=O) groups is 1. The van der Waals surface area contributed by atoms with Gasteiger partial charge in [-0.25, -0.2) is 0 Å². The van der Waals surface area contributed by atoms with E-state index in [1.54, 1.807) is 0 Å². The van der Waals surface area contributed by atoms with Crippen molar-refractivity contribution in [3.05, 3.63) is 19.1 Å². The Kier molecular flexibility index (Phi) is 2.63. The fraction of sp³-hybridized carbons (Fsp3) is 0.500. The van der Waals surface area contributed by atoms with Crippen LogP contribution in [0.4, 0.5) is 0 Å². The van der Waals surface area contributed by atoms with E-state index < -0.39 is 0 Å². The molecule has 0 saturated carbocycles. The Morgan fingerprint density at radius 1 is 1.60 bits per heavy atom. The number of nitrogens with zero attached hydrogens (tertiary/aromatic N) is 1. The van der Waals surface area contributed by atoms with E-state index in [4.69, 9.17) is 6.92 Å². The second kappa shape index (κ2) is 3.52. The molecule has 0 spiro atoms. The SMILES string of the molecule is [CH]C(=O)CN1CC=CCC1. The van der Waals surface area contributed by atoms with Crippen LogP contribution in [-0.2, 0) is 4.79 Å². The van der Waals surface area contributed by atoms with Gasteiger partial charge in [-0.2, -0.15) is 0 Å². The largest absolute Gasteiger partial charge is 0.298 e. The summed E-state index contributed by atoms with van der Waals surface area (Å²) in [6, 6.07) is 0. The van der Waals surface area contributed by atoms with Gasteiger partial charge in [-0.1, -0.05) is 12.2 Å². The molecular formula is C8H11NO. The highest BCUT2D eigenvalue weighted by Crippen LogP contribution is 1.99. The molecule has 0 aliphatic carbocycles. The fourth-order valence-electron chi connectivity index (χ4n) is 1.05. The van der Waals surface area contributed by atoms with Gasteiger partial charge >= 0.3 is 0 Å². The second-order valence-corrected chi connectivity index (χ2v) is 2.46. The number of carbonyl (C=O) groups excluding carboxylic acids is 1. The molecule has 2 nitrogen and oxygen atoms in total. The zero-order valence-electron chi connectivity index (χ0n) is 5.92. The number of hydrogen-bond acceptors (Lipinski definition) is 2. The minimum Gasteiger partial charge on any atom is -0.298 e. The lowest BCUT2D eigenvalue weighted by Crippen LogP contribution is -2.31. The Labute approximate surface area is 61.5 Å². The third-order valence-electron chi connectivity index (χ3n) is 1.52. The third kappa shape index (κ3) is 2.31. The van der Waals surface area contributed by atoms with Crippen molar-refractivity contribution in [3.8, 4) is 0 Å². The Bertz CT molecular complexity index is 151. The summed E-state index contributed by atoms with van der Waals surface area (Å²) < 4.78 is 0. The highest BCUT2D eigenvalue weighted by molar-refractivity contribution is 5.84. The summed E-state index contributed by atoms with van der Waals surface area (Å²) in [6.45, 7) is 7.23. The molecule has 54 valence electrons. The Morgan fingerprint density at radius 3 is 2.90 bits per heavy atom. The van der Waals surface area contributed by atoms with Crippen molar-refractivity contribution in [3.63, 3.8) is 0 Å². The lowest BCUT2D eigenvalue weighted by atomic mass is 10.2. The molecule has 0 N–H and O–H groups in total. The molecule has 10 heavy (non-hydrogen) atoms. The van der Waals surface area contributed by atoms with E-state index in [1.165, 1.54) is 0 Å². The van der Waals surface area contributed by atoms with Crippen LogP contribution < -0.4 is 0 Å². The van der Waals surface area contributed by atoms with E-state index >= 15 is 0 Å². The molecule has 0 aromatic heterocycles. The maximum Gasteiger partial charge on any atom is 0.151 e. The maximum absolute atomic E-state index is 10.4. The van der Waals surface area contributed by atoms with E-state index in [0.29, 0.717) is 6.54 Å². The molecule has 0 unspecified atom stereocenters. The quantitative estimate of drug-likeness (QED) is 0.517. The topological polar surface area (TPSA) is 20.3 Å². The third-order valence-corrected chi connectivity index (χ3v) is 1.52. The van der Waals surface area contributed by atoms with Crippen LogP contribution in [0, 0.1) is 6.92 Å². The number of Topliss-reactive ketones (excluding diaryl/α,β-unsaturated/α-hetero) is 1. The van der Waals surface area contributed by atoms with Crippen LogP contribution in [-0.4, -0.2) is 30.3 Å². The zero-order chi connectivity index (χ0) is 7.40. The van der Waals surface area contributed by atoms with Crippen molar-refractivity contribution in [2.45, 2.75) is 6.42 Å². The predicted molar refractivity (Wildman–Crippen MR) is 39.5 cm³/mol. The molecule has 0 aromatic carbocycles. The second-order valence-electron chi connectivity index (χ2n) is 2.46. The van der Waals surface area contributed by atoms with Gasteiger partial charge < -0.3 is 0 Å². The standard InChI is InChI=1S/C8H11NO/c1-8(10)7-9-5-3-2-4-6-9/h1-3H,4-7H2. The van der Waals surface area contributed by atoms with Crippen molar-refractivity contribution in [1.82, 2.24) is 4.90 Å². The number of ketones is 1. The summed E-state index contributed by atoms with van der Waals surface area (Å²) >= 11 is 0. The van der Waals surface area contributed by atoms with Gasteiger partial charge in [-0.05, 0) is 6.42 Å². The van der Waals surface area contributed by atoms with Crippen LogP contribution in [0.15, 0.2) is 12.2 Å². The highest BCUT2D eigenvalue weighted by atomic mass is 16.1. The van der Waals surface area contributed by atoms with Crippen LogP contribution in [0.1, 0.15) is 6.42 Å². The molecule has 0 amide bonds. The van der Waals surface area contributed by atoms with Gasteiger partial charge in [0.2, 0.25) is 0 Å². The van der Waals surface area contributed by atoms with E-state index in [1.807, 2.05) is 4.90 Å². The average molecular weight is 137 g/mol. The van der Waals surface area contributed by atoms with Crippen LogP contribution >= 0.6 is 0 Å². The smallest absolute Gasteiger partial charge is 0.151 e. The molecule has 0 fully saturated rings. The first-order valence-electron chi connectivity index (χ1n) is 3.44. The molecule has 0 aromatic rings. The average Bonchev–Trinajstić information content (AvgIpc) is 1.88. The molecule has 2 radical (unpaired) electrons. The molecular weight excluding hydrogens is 126 g/mol. The van der Waals surface area contributed by atoms with Gasteiger partial charge in [0.1, 0.15) is 0 Å². The van der Waals surface area contributed by atoms with Crippen molar-refractivity contribution in [2.75, 3.05) is 19.6 Å². The first-order chi connectivity index (χ1) is 4.79. The monoisotopic (exact) mass is 137 g/mol. The minimum atomic E-state index is -0.240. The van der Waals surface area contributed by atoms with Crippen molar-refractivity contribution in [1.29, 1.82) is 0 Å². The molecule has 2 heteroatoms. The lowest BCUT2D eigenvalue weighted by Gasteiger charge is -2.20. The Morgan fingerprint density at radius 2 is 2.40 bits per heavy atom. The molecule has 1 rings (SSSR count). The summed E-state index contributed by atoms with van der Waals surface area (Å²) in [7, 11) is 0. The van der Waals surface area contributed by atoms with Gasteiger partial charge in [0, 0.05) is 20.0 Å². The van der Waals surface area contributed by atoms with E-state index in [-0.39, 0.29) is 5.78 Å². The molecule has 0 saturated heterocycles. The van der Waals surface area contributed by atoms with E-state index in [2.05, 4.69) is 12.2 Å². The van der Waals surface area contributed by atoms with Gasteiger partial charge in [-0.15, -0.1) is 0 Å². The fourth-order valence-corrected chi connectivity index (χ4v) is 1.05. The number of rotatable bonds is 2. The molecule has 0 bridgehead atoms.